The normalized spacial score (nSPS) is 21.0. The number of fused-ring (bicyclic) bond motifs is 2. The Kier molecular flexibility index (Phi) is 9.34. The number of ether oxygens (including phenoxy) is 2. The third-order valence-corrected chi connectivity index (χ3v) is 7.57. The Bertz CT molecular complexity index is 1320. The molecule has 40 heavy (non-hydrogen) atoms. The van der Waals surface area contributed by atoms with Crippen molar-refractivity contribution in [2.45, 2.75) is 51.6 Å². The fourth-order valence-corrected chi connectivity index (χ4v) is 5.75. The second kappa shape index (κ2) is 12.9. The number of tetrazole rings is 1. The Hall–Kier alpha value is -4.02. The molecule has 11 nitrogen and oxygen atoms in total. The molecule has 5 rings (SSSR count). The van der Waals surface area contributed by atoms with E-state index in [1.807, 2.05) is 12.1 Å². The van der Waals surface area contributed by atoms with Crippen LogP contribution in [0.3, 0.4) is 0 Å². The topological polar surface area (TPSA) is 142 Å². The zero-order valence-electron chi connectivity index (χ0n) is 23.2. The molecule has 2 unspecified atom stereocenters. The highest BCUT2D eigenvalue weighted by Gasteiger charge is 2.39. The van der Waals surface area contributed by atoms with Gasteiger partial charge in [-0.2, -0.15) is 5.21 Å². The molecule has 1 aliphatic carbocycles. The molecule has 1 amide bonds. The van der Waals surface area contributed by atoms with Crippen LogP contribution >= 0.6 is 0 Å². The number of carbonyl (C=O) groups excluding carboxylic acids is 1. The maximum atomic E-state index is 14.3. The Balaban J connectivity index is 0.000000557. The van der Waals surface area contributed by atoms with Gasteiger partial charge in [0, 0.05) is 41.7 Å². The summed E-state index contributed by atoms with van der Waals surface area (Å²) < 4.78 is 25.9. The predicted octanol–water partition coefficient (Wildman–Crippen LogP) is 5.28. The van der Waals surface area contributed by atoms with E-state index < -0.39 is 5.91 Å². The van der Waals surface area contributed by atoms with Gasteiger partial charge in [-0.25, -0.2) is 4.39 Å². The zero-order valence-corrected chi connectivity index (χ0v) is 23.2. The molecule has 12 heteroatoms. The summed E-state index contributed by atoms with van der Waals surface area (Å²) in [6.07, 6.45) is 9.13. The van der Waals surface area contributed by atoms with Gasteiger partial charge >= 0.3 is 0 Å². The number of allylic oxidation sites excluding steroid dienone is 5. The number of H-pyrrole nitrogens is 1. The molecule has 0 saturated carbocycles. The minimum atomic E-state index is -0.502. The fourth-order valence-electron chi connectivity index (χ4n) is 5.75. The maximum absolute atomic E-state index is 14.3. The van der Waals surface area contributed by atoms with Crippen LogP contribution in [0.4, 0.5) is 4.39 Å². The number of aromatic nitrogens is 4. The lowest BCUT2D eigenvalue weighted by Crippen LogP contribution is -2.43. The van der Waals surface area contributed by atoms with Crippen LogP contribution in [-0.4, -0.2) is 58.2 Å². The van der Waals surface area contributed by atoms with Crippen LogP contribution in [0.2, 0.25) is 0 Å². The van der Waals surface area contributed by atoms with E-state index in [2.05, 4.69) is 67.6 Å². The molecule has 1 aromatic heterocycles. The van der Waals surface area contributed by atoms with Crippen LogP contribution in [0.1, 0.15) is 56.5 Å². The van der Waals surface area contributed by atoms with E-state index in [9.17, 15) is 9.18 Å². The third kappa shape index (κ3) is 6.94. The van der Waals surface area contributed by atoms with Gasteiger partial charge in [0.15, 0.2) is 5.82 Å². The third-order valence-electron chi connectivity index (χ3n) is 7.57. The molecule has 0 radical (unpaired) electrons. The number of nitrogens with zero attached hydrogens (tertiary/aromatic N) is 7. The van der Waals surface area contributed by atoms with Crippen LogP contribution < -0.4 is 4.74 Å². The summed E-state index contributed by atoms with van der Waals surface area (Å²) in [5.41, 5.74) is 9.70. The van der Waals surface area contributed by atoms with Crippen molar-refractivity contribution in [3.8, 4) is 5.75 Å². The number of azide groups is 1. The fraction of sp³-hybridized carbons (Fsp3) is 0.500. The maximum Gasteiger partial charge on any atom is 0.215 e. The molecule has 0 spiro atoms. The van der Waals surface area contributed by atoms with Gasteiger partial charge in [-0.05, 0) is 71.8 Å². The average molecular weight is 551 g/mol. The van der Waals surface area contributed by atoms with Gasteiger partial charge in [-0.15, -0.1) is 10.2 Å². The highest BCUT2D eigenvalue weighted by atomic mass is 19.1. The molecule has 0 bridgehead atoms. The summed E-state index contributed by atoms with van der Waals surface area (Å²) in [5.74, 6) is 2.18. The predicted molar refractivity (Wildman–Crippen MR) is 147 cm³/mol. The number of aromatic amines is 1. The van der Waals surface area contributed by atoms with Gasteiger partial charge < -0.3 is 14.4 Å². The zero-order chi connectivity index (χ0) is 28.7. The smallest absolute Gasteiger partial charge is 0.215 e. The number of halogens is 1. The molecule has 212 valence electrons. The first kappa shape index (κ1) is 29.0. The number of amides is 1. The van der Waals surface area contributed by atoms with Gasteiger partial charge in [-0.1, -0.05) is 37.3 Å². The molecule has 2 atom stereocenters. The quantitative estimate of drug-likeness (QED) is 0.303. The second-order valence-electron chi connectivity index (χ2n) is 10.8. The van der Waals surface area contributed by atoms with E-state index in [0.717, 1.165) is 49.6 Å². The van der Waals surface area contributed by atoms with Crippen molar-refractivity contribution in [2.24, 2.45) is 17.0 Å². The number of nitrogens with one attached hydrogen (secondary N) is 1. The highest BCUT2D eigenvalue weighted by Crippen LogP contribution is 2.47. The number of carbonyl (C=O) groups is 1. The molecule has 3 heterocycles. The van der Waals surface area contributed by atoms with Gasteiger partial charge in [-0.3, -0.25) is 4.79 Å². The number of hydrogen-bond donors (Lipinski definition) is 1. The molecular weight excluding hydrogens is 515 g/mol. The summed E-state index contributed by atoms with van der Waals surface area (Å²) in [6, 6.07) is 6.27. The lowest BCUT2D eigenvalue weighted by molar-refractivity contribution is -0.115. The Labute approximate surface area is 232 Å². The Morgan fingerprint density at radius 1 is 1.35 bits per heavy atom. The lowest BCUT2D eigenvalue weighted by Gasteiger charge is -2.40. The largest absolute Gasteiger partial charge is 0.497 e. The van der Waals surface area contributed by atoms with E-state index in [1.165, 1.54) is 18.6 Å². The van der Waals surface area contributed by atoms with Crippen LogP contribution in [0.25, 0.3) is 10.4 Å². The van der Waals surface area contributed by atoms with Crippen molar-refractivity contribution in [2.75, 3.05) is 26.7 Å². The summed E-state index contributed by atoms with van der Waals surface area (Å²) in [6.45, 7) is 8.80. The van der Waals surface area contributed by atoms with E-state index >= 15 is 0 Å². The standard InChI is InChI=1S/C26H32FN5O2.C2H3N3O/c1-26(2,25-28-30-31-29-25)16-32-11-9-17(10-12-32)24-21-8-7-20(33-3)13-18(21)15-34-23-14-19(27)5-4-6-22(23)24;1-2(6)4-5-3/h4-8,13-14,17,22,24H,9-12,15-16H2,1-3H3,(H,28,29,30,31);1H3. The number of hydrogen-bond acceptors (Lipinski definition) is 7. The van der Waals surface area contributed by atoms with Crippen LogP contribution in [0.15, 0.2) is 59.2 Å². The van der Waals surface area contributed by atoms with Gasteiger partial charge in [0.1, 0.15) is 23.9 Å². The molecule has 1 aromatic carbocycles. The average Bonchev–Trinajstić information content (AvgIpc) is 3.37. The Morgan fingerprint density at radius 3 is 2.75 bits per heavy atom. The number of benzene rings is 1. The van der Waals surface area contributed by atoms with Crippen molar-refractivity contribution in [1.82, 2.24) is 25.5 Å². The number of methoxy groups -OCH3 is 1. The van der Waals surface area contributed by atoms with Crippen LogP contribution in [0, 0.1) is 11.8 Å². The molecule has 1 N–H and O–H groups in total. The van der Waals surface area contributed by atoms with E-state index in [4.69, 9.17) is 15.0 Å². The molecular formula is C28H35FN8O3. The molecule has 3 aliphatic rings. The van der Waals surface area contributed by atoms with Crippen molar-refractivity contribution in [3.63, 3.8) is 0 Å². The first-order valence-corrected chi connectivity index (χ1v) is 13.3. The van der Waals surface area contributed by atoms with Crippen LogP contribution in [-0.2, 0) is 21.6 Å². The summed E-state index contributed by atoms with van der Waals surface area (Å²) in [5, 5.41) is 17.4. The van der Waals surface area contributed by atoms with E-state index in [1.54, 1.807) is 13.2 Å². The Morgan fingerprint density at radius 2 is 2.12 bits per heavy atom. The number of likely N-dealkylation sites (tertiary alicyclic amines) is 1. The minimum absolute atomic E-state index is 0.00599. The van der Waals surface area contributed by atoms with Crippen molar-refractivity contribution >= 4 is 5.91 Å². The molecule has 2 aromatic rings. The van der Waals surface area contributed by atoms with Crippen LogP contribution in [0.5, 0.6) is 5.75 Å². The monoisotopic (exact) mass is 550 g/mol. The van der Waals surface area contributed by atoms with Gasteiger partial charge in [0.25, 0.3) is 0 Å². The SMILES string of the molecule is CC(=O)N=[N+]=[N-].COc1ccc2c(c1)COC1=CC(F)=CC=CC1C2C1CCN(CC(C)(C)c2nn[nH]n2)CC1. The minimum Gasteiger partial charge on any atom is -0.497 e. The van der Waals surface area contributed by atoms with E-state index in [0.29, 0.717) is 18.3 Å². The highest BCUT2D eigenvalue weighted by molar-refractivity contribution is 5.73. The first-order valence-electron chi connectivity index (χ1n) is 13.3. The number of rotatable bonds is 5. The molecule has 1 fully saturated rings. The van der Waals surface area contributed by atoms with Gasteiger partial charge in [0.05, 0.1) is 7.11 Å². The van der Waals surface area contributed by atoms with Crippen molar-refractivity contribution in [3.05, 3.63) is 81.5 Å². The van der Waals surface area contributed by atoms with Gasteiger partial charge in [0.2, 0.25) is 5.91 Å². The first-order chi connectivity index (χ1) is 19.2. The van der Waals surface area contributed by atoms with Crippen molar-refractivity contribution < 1.29 is 18.7 Å². The lowest BCUT2D eigenvalue weighted by atomic mass is 9.71. The summed E-state index contributed by atoms with van der Waals surface area (Å²) >= 11 is 0. The molecule has 2 aliphatic heterocycles. The number of piperidine rings is 1. The summed E-state index contributed by atoms with van der Waals surface area (Å²) in [7, 11) is 1.68. The second-order valence-corrected chi connectivity index (χ2v) is 10.8. The summed E-state index contributed by atoms with van der Waals surface area (Å²) in [4.78, 5) is 14.3. The van der Waals surface area contributed by atoms with E-state index in [-0.39, 0.29) is 23.1 Å². The van der Waals surface area contributed by atoms with Crippen molar-refractivity contribution in [1.29, 1.82) is 0 Å². The molecule has 1 saturated heterocycles.